The van der Waals surface area contributed by atoms with Crippen LogP contribution in [0.2, 0.25) is 0 Å². The standard InChI is InChI=1S/C21H21N3O3/c1-12-5-7-15-17(9-12)27-21(4,10-18(25)26)23-20(15)24-11-22-19-14(3)13(2)6-8-16(19)24/h5-9,11H,10H2,1-4H3,(H,25,26). The van der Waals surface area contributed by atoms with Crippen molar-refractivity contribution in [2.45, 2.75) is 39.8 Å². The van der Waals surface area contributed by atoms with Crippen molar-refractivity contribution in [2.75, 3.05) is 0 Å². The summed E-state index contributed by atoms with van der Waals surface area (Å²) >= 11 is 0. The van der Waals surface area contributed by atoms with Gasteiger partial charge < -0.3 is 9.84 Å². The molecule has 1 unspecified atom stereocenters. The molecule has 0 fully saturated rings. The van der Waals surface area contributed by atoms with Gasteiger partial charge in [-0.15, -0.1) is 0 Å². The molecule has 1 N–H and O–H groups in total. The lowest BCUT2D eigenvalue weighted by molar-refractivity contribution is -0.140. The van der Waals surface area contributed by atoms with E-state index in [0.29, 0.717) is 11.6 Å². The smallest absolute Gasteiger partial charge is 0.309 e. The van der Waals surface area contributed by atoms with Crippen LogP contribution in [0.5, 0.6) is 5.75 Å². The van der Waals surface area contributed by atoms with E-state index in [2.05, 4.69) is 18.0 Å². The Bertz CT molecular complexity index is 1110. The van der Waals surface area contributed by atoms with Gasteiger partial charge in [0.1, 0.15) is 24.3 Å². The van der Waals surface area contributed by atoms with Gasteiger partial charge in [-0.05, 0) is 62.6 Å². The Balaban J connectivity index is 1.96. The van der Waals surface area contributed by atoms with E-state index in [1.807, 2.05) is 42.7 Å². The third-order valence-corrected chi connectivity index (χ3v) is 5.00. The highest BCUT2D eigenvalue weighted by atomic mass is 16.5. The zero-order valence-corrected chi connectivity index (χ0v) is 15.8. The third kappa shape index (κ3) is 2.87. The van der Waals surface area contributed by atoms with Crippen LogP contribution in [0.25, 0.3) is 11.0 Å². The molecule has 4 rings (SSSR count). The molecule has 0 aliphatic carbocycles. The lowest BCUT2D eigenvalue weighted by atomic mass is 10.0. The van der Waals surface area contributed by atoms with Crippen LogP contribution in [0.1, 0.15) is 35.6 Å². The predicted octanol–water partition coefficient (Wildman–Crippen LogP) is 3.84. The van der Waals surface area contributed by atoms with E-state index in [0.717, 1.165) is 27.7 Å². The Morgan fingerprint density at radius 3 is 2.74 bits per heavy atom. The number of imidazole rings is 1. The molecular weight excluding hydrogens is 342 g/mol. The molecule has 1 aliphatic rings. The Labute approximate surface area is 157 Å². The molecule has 0 saturated heterocycles. The molecule has 6 heteroatoms. The first-order valence-corrected chi connectivity index (χ1v) is 8.83. The topological polar surface area (TPSA) is 76.7 Å². The fraction of sp³-hybridized carbons (Fsp3) is 0.286. The van der Waals surface area contributed by atoms with Gasteiger partial charge in [0.25, 0.3) is 0 Å². The molecule has 2 aromatic carbocycles. The van der Waals surface area contributed by atoms with Crippen molar-refractivity contribution in [3.8, 4) is 5.75 Å². The first-order valence-electron chi connectivity index (χ1n) is 8.83. The summed E-state index contributed by atoms with van der Waals surface area (Å²) in [7, 11) is 0. The second-order valence-corrected chi connectivity index (χ2v) is 7.27. The highest BCUT2D eigenvalue weighted by Crippen LogP contribution is 2.34. The molecular formula is C21H21N3O3. The van der Waals surface area contributed by atoms with Crippen molar-refractivity contribution in [3.63, 3.8) is 0 Å². The number of nitrogens with zero attached hydrogens (tertiary/aromatic N) is 3. The SMILES string of the molecule is Cc1ccc2c(c1)OC(C)(CC(=O)O)N=C2n1cnc2c(C)c(C)ccc21. The summed E-state index contributed by atoms with van der Waals surface area (Å²) in [4.78, 5) is 20.7. The molecule has 0 spiro atoms. The fourth-order valence-corrected chi connectivity index (χ4v) is 3.47. The molecule has 1 aliphatic heterocycles. The lowest BCUT2D eigenvalue weighted by Gasteiger charge is -2.32. The number of rotatable bonds is 2. The van der Waals surface area contributed by atoms with Crippen LogP contribution >= 0.6 is 0 Å². The van der Waals surface area contributed by atoms with E-state index in [4.69, 9.17) is 9.73 Å². The van der Waals surface area contributed by atoms with Gasteiger partial charge in [-0.25, -0.2) is 9.98 Å². The van der Waals surface area contributed by atoms with Crippen LogP contribution in [0, 0.1) is 20.8 Å². The molecule has 0 radical (unpaired) electrons. The Hall–Kier alpha value is -3.15. The predicted molar refractivity (Wildman–Crippen MR) is 104 cm³/mol. The van der Waals surface area contributed by atoms with Crippen LogP contribution in [-0.2, 0) is 4.79 Å². The van der Waals surface area contributed by atoms with Crippen LogP contribution in [0.15, 0.2) is 41.7 Å². The van der Waals surface area contributed by atoms with Gasteiger partial charge in [-0.2, -0.15) is 0 Å². The summed E-state index contributed by atoms with van der Waals surface area (Å²) in [6, 6.07) is 9.94. The number of carboxylic acids is 1. The minimum absolute atomic E-state index is 0.228. The lowest BCUT2D eigenvalue weighted by Crippen LogP contribution is -2.39. The summed E-state index contributed by atoms with van der Waals surface area (Å²) in [5.74, 6) is 0.318. The number of carboxylic acid groups (broad SMARTS) is 1. The highest BCUT2D eigenvalue weighted by Gasteiger charge is 2.36. The van der Waals surface area contributed by atoms with Crippen molar-refractivity contribution >= 4 is 22.8 Å². The quantitative estimate of drug-likeness (QED) is 0.750. The zero-order valence-electron chi connectivity index (χ0n) is 15.8. The molecule has 0 amide bonds. The van der Waals surface area contributed by atoms with E-state index < -0.39 is 11.7 Å². The molecule has 6 nitrogen and oxygen atoms in total. The van der Waals surface area contributed by atoms with Crippen molar-refractivity contribution < 1.29 is 14.6 Å². The normalized spacial score (nSPS) is 18.7. The number of aliphatic imine (C=N–C) groups is 1. The number of aliphatic carboxylic acids is 1. The average Bonchev–Trinajstić information content (AvgIpc) is 3.00. The number of hydrogen-bond acceptors (Lipinski definition) is 4. The second-order valence-electron chi connectivity index (χ2n) is 7.27. The van der Waals surface area contributed by atoms with E-state index in [9.17, 15) is 9.90 Å². The van der Waals surface area contributed by atoms with E-state index in [1.165, 1.54) is 5.56 Å². The molecule has 0 bridgehead atoms. The van der Waals surface area contributed by atoms with Gasteiger partial charge in [0, 0.05) is 0 Å². The molecule has 138 valence electrons. The van der Waals surface area contributed by atoms with Crippen molar-refractivity contribution in [1.29, 1.82) is 0 Å². The number of ether oxygens (including phenoxy) is 1. The van der Waals surface area contributed by atoms with E-state index in [1.54, 1.807) is 13.3 Å². The number of hydrogen-bond donors (Lipinski definition) is 1. The maximum atomic E-state index is 11.4. The van der Waals surface area contributed by atoms with Crippen molar-refractivity contribution in [2.24, 2.45) is 4.99 Å². The molecule has 1 aromatic heterocycles. The Kier molecular flexibility index (Phi) is 3.80. The minimum atomic E-state index is -1.18. The fourth-order valence-electron chi connectivity index (χ4n) is 3.47. The van der Waals surface area contributed by atoms with Gasteiger partial charge in [0.05, 0.1) is 16.6 Å². The van der Waals surface area contributed by atoms with Gasteiger partial charge >= 0.3 is 5.97 Å². The molecule has 1 atom stereocenters. The Morgan fingerprint density at radius 2 is 2.00 bits per heavy atom. The van der Waals surface area contributed by atoms with E-state index >= 15 is 0 Å². The summed E-state index contributed by atoms with van der Waals surface area (Å²) in [5.41, 5.74) is 4.82. The second kappa shape index (κ2) is 5.94. The van der Waals surface area contributed by atoms with Crippen LogP contribution in [-0.4, -0.2) is 32.2 Å². The summed E-state index contributed by atoms with van der Waals surface area (Å²) < 4.78 is 7.91. The Morgan fingerprint density at radius 1 is 1.22 bits per heavy atom. The van der Waals surface area contributed by atoms with Crippen LogP contribution < -0.4 is 4.74 Å². The summed E-state index contributed by atoms with van der Waals surface area (Å²) in [6.07, 6.45) is 1.51. The van der Waals surface area contributed by atoms with Crippen LogP contribution in [0.4, 0.5) is 0 Å². The largest absolute Gasteiger partial charge is 0.481 e. The van der Waals surface area contributed by atoms with Gasteiger partial charge in [0.2, 0.25) is 5.72 Å². The van der Waals surface area contributed by atoms with Gasteiger partial charge in [0.15, 0.2) is 0 Å². The summed E-state index contributed by atoms with van der Waals surface area (Å²) in [6.45, 7) is 7.78. The van der Waals surface area contributed by atoms with Gasteiger partial charge in [-0.1, -0.05) is 12.1 Å². The molecule has 3 aromatic rings. The number of carbonyl (C=O) groups is 1. The van der Waals surface area contributed by atoms with Crippen molar-refractivity contribution in [3.05, 3.63) is 58.9 Å². The first-order chi connectivity index (χ1) is 12.8. The maximum Gasteiger partial charge on any atom is 0.309 e. The molecule has 0 saturated carbocycles. The maximum absolute atomic E-state index is 11.4. The van der Waals surface area contributed by atoms with E-state index in [-0.39, 0.29) is 6.42 Å². The molecule has 2 heterocycles. The third-order valence-electron chi connectivity index (χ3n) is 5.00. The first kappa shape index (κ1) is 17.3. The molecule has 27 heavy (non-hydrogen) atoms. The highest BCUT2D eigenvalue weighted by molar-refractivity contribution is 6.07. The average molecular weight is 363 g/mol. The minimum Gasteiger partial charge on any atom is -0.481 e. The van der Waals surface area contributed by atoms with Crippen molar-refractivity contribution in [1.82, 2.24) is 9.55 Å². The number of aryl methyl sites for hydroxylation is 3. The number of benzene rings is 2. The number of fused-ring (bicyclic) bond motifs is 2. The zero-order chi connectivity index (χ0) is 19.3. The summed E-state index contributed by atoms with van der Waals surface area (Å²) in [5, 5.41) is 9.32. The number of aromatic nitrogens is 2. The van der Waals surface area contributed by atoms with Gasteiger partial charge in [-0.3, -0.25) is 9.36 Å². The monoisotopic (exact) mass is 363 g/mol. The van der Waals surface area contributed by atoms with Crippen LogP contribution in [0.3, 0.4) is 0 Å².